The first-order valence-corrected chi connectivity index (χ1v) is 8.23. The average Bonchev–Trinajstić information content (AvgIpc) is 3.11. The van der Waals surface area contributed by atoms with Crippen molar-refractivity contribution >= 4 is 11.8 Å². The fourth-order valence-electron chi connectivity index (χ4n) is 3.73. The first-order chi connectivity index (χ1) is 11.7. The molecule has 3 heterocycles. The molecule has 0 atom stereocenters. The molecule has 2 aliphatic heterocycles. The van der Waals surface area contributed by atoms with Gasteiger partial charge in [-0.1, -0.05) is 29.4 Å². The molecule has 1 saturated heterocycles. The van der Waals surface area contributed by atoms with Gasteiger partial charge in [-0.25, -0.2) is 0 Å². The zero-order chi connectivity index (χ0) is 16.6. The number of carbonyl (C=O) groups is 2. The number of hydrogen-bond donors (Lipinski definition) is 1. The van der Waals surface area contributed by atoms with Gasteiger partial charge in [-0.3, -0.25) is 9.59 Å². The number of benzene rings is 1. The van der Waals surface area contributed by atoms with Crippen molar-refractivity contribution < 1.29 is 14.1 Å². The van der Waals surface area contributed by atoms with Crippen LogP contribution in [0, 0.1) is 5.41 Å². The molecule has 6 nitrogen and oxygen atoms in total. The standard InChI is InChI=1S/C18H19N3O3/c22-16(15-5-8-20-24-15)21-9-6-18(7-10-21)11-13-3-1-2-4-14(13)12-19-17(18)23/h1-5,8H,6-7,9-12H2,(H,19,23). The number of aromatic nitrogens is 1. The molecule has 2 aromatic rings. The summed E-state index contributed by atoms with van der Waals surface area (Å²) in [6, 6.07) is 9.76. The highest BCUT2D eigenvalue weighted by atomic mass is 16.5. The van der Waals surface area contributed by atoms with Crippen LogP contribution < -0.4 is 5.32 Å². The second-order valence-corrected chi connectivity index (χ2v) is 6.58. The van der Waals surface area contributed by atoms with Crippen molar-refractivity contribution in [3.8, 4) is 0 Å². The summed E-state index contributed by atoms with van der Waals surface area (Å²) in [5.74, 6) is 0.198. The van der Waals surface area contributed by atoms with Crippen molar-refractivity contribution in [3.05, 3.63) is 53.4 Å². The summed E-state index contributed by atoms with van der Waals surface area (Å²) in [5, 5.41) is 6.65. The van der Waals surface area contributed by atoms with Crippen LogP contribution in [-0.4, -0.2) is 35.0 Å². The van der Waals surface area contributed by atoms with Gasteiger partial charge in [0, 0.05) is 25.7 Å². The summed E-state index contributed by atoms with van der Waals surface area (Å²) >= 11 is 0. The van der Waals surface area contributed by atoms with Gasteiger partial charge in [-0.05, 0) is 30.4 Å². The van der Waals surface area contributed by atoms with E-state index in [1.807, 2.05) is 12.1 Å². The lowest BCUT2D eigenvalue weighted by Crippen LogP contribution is -2.50. The SMILES string of the molecule is O=C(c1ccno1)N1CCC2(CC1)Cc1ccccc1CNC2=O. The average molecular weight is 325 g/mol. The minimum atomic E-state index is -0.426. The van der Waals surface area contributed by atoms with Crippen molar-refractivity contribution in [2.75, 3.05) is 13.1 Å². The third-order valence-electron chi connectivity index (χ3n) is 5.22. The Morgan fingerprint density at radius 2 is 1.92 bits per heavy atom. The fraction of sp³-hybridized carbons (Fsp3) is 0.389. The molecule has 124 valence electrons. The van der Waals surface area contributed by atoms with Gasteiger partial charge in [-0.15, -0.1) is 0 Å². The van der Waals surface area contributed by atoms with Crippen molar-refractivity contribution in [3.63, 3.8) is 0 Å². The van der Waals surface area contributed by atoms with E-state index in [1.54, 1.807) is 11.0 Å². The molecule has 1 spiro atoms. The van der Waals surface area contributed by atoms with E-state index in [0.717, 1.165) is 6.42 Å². The normalized spacial score (nSPS) is 19.5. The van der Waals surface area contributed by atoms with E-state index in [2.05, 4.69) is 22.6 Å². The molecule has 0 radical (unpaired) electrons. The highest BCUT2D eigenvalue weighted by molar-refractivity contribution is 5.91. The molecular weight excluding hydrogens is 306 g/mol. The monoisotopic (exact) mass is 325 g/mol. The zero-order valence-corrected chi connectivity index (χ0v) is 13.3. The minimum Gasteiger partial charge on any atom is -0.352 e. The Morgan fingerprint density at radius 1 is 1.17 bits per heavy atom. The summed E-state index contributed by atoms with van der Waals surface area (Å²) in [6.07, 6.45) is 3.52. The van der Waals surface area contributed by atoms with E-state index >= 15 is 0 Å². The highest BCUT2D eigenvalue weighted by Gasteiger charge is 2.44. The number of nitrogens with zero attached hydrogens (tertiary/aromatic N) is 2. The topological polar surface area (TPSA) is 75.4 Å². The molecular formula is C18H19N3O3. The number of rotatable bonds is 1. The Labute approximate surface area is 139 Å². The molecule has 0 bridgehead atoms. The zero-order valence-electron chi connectivity index (χ0n) is 13.3. The number of piperidine rings is 1. The molecule has 1 N–H and O–H groups in total. The molecule has 0 aliphatic carbocycles. The van der Waals surface area contributed by atoms with Crippen molar-refractivity contribution in [2.45, 2.75) is 25.8 Å². The van der Waals surface area contributed by atoms with E-state index in [9.17, 15) is 9.59 Å². The maximum Gasteiger partial charge on any atom is 0.292 e. The lowest BCUT2D eigenvalue weighted by atomic mass is 9.73. The van der Waals surface area contributed by atoms with E-state index in [4.69, 9.17) is 4.52 Å². The van der Waals surface area contributed by atoms with Crippen LogP contribution >= 0.6 is 0 Å². The molecule has 0 unspecified atom stereocenters. The summed E-state index contributed by atoms with van der Waals surface area (Å²) in [7, 11) is 0. The minimum absolute atomic E-state index is 0.102. The van der Waals surface area contributed by atoms with Crippen molar-refractivity contribution in [2.24, 2.45) is 5.41 Å². The van der Waals surface area contributed by atoms with E-state index in [1.165, 1.54) is 17.3 Å². The predicted molar refractivity (Wildman–Crippen MR) is 86.1 cm³/mol. The summed E-state index contributed by atoms with van der Waals surface area (Å²) in [6.45, 7) is 1.68. The van der Waals surface area contributed by atoms with Crippen LogP contribution in [0.1, 0.15) is 34.5 Å². The van der Waals surface area contributed by atoms with E-state index < -0.39 is 5.41 Å². The number of nitrogens with one attached hydrogen (secondary N) is 1. The van der Waals surface area contributed by atoms with Crippen LogP contribution in [0.5, 0.6) is 0 Å². The Morgan fingerprint density at radius 3 is 2.62 bits per heavy atom. The van der Waals surface area contributed by atoms with Crippen LogP contribution in [0.3, 0.4) is 0 Å². The van der Waals surface area contributed by atoms with Gasteiger partial charge in [-0.2, -0.15) is 0 Å². The Hall–Kier alpha value is -2.63. The molecule has 1 aromatic heterocycles. The summed E-state index contributed by atoms with van der Waals surface area (Å²) < 4.78 is 4.95. The number of amides is 2. The third-order valence-corrected chi connectivity index (χ3v) is 5.22. The maximum absolute atomic E-state index is 12.7. The molecule has 2 aliphatic rings. The second kappa shape index (κ2) is 5.78. The molecule has 6 heteroatoms. The second-order valence-electron chi connectivity index (χ2n) is 6.58. The lowest BCUT2D eigenvalue weighted by molar-refractivity contribution is -0.133. The van der Waals surface area contributed by atoms with Gasteiger partial charge in [0.15, 0.2) is 0 Å². The quantitative estimate of drug-likeness (QED) is 0.867. The third kappa shape index (κ3) is 2.48. The van der Waals surface area contributed by atoms with Gasteiger partial charge in [0.05, 0.1) is 11.6 Å². The molecule has 24 heavy (non-hydrogen) atoms. The van der Waals surface area contributed by atoms with E-state index in [0.29, 0.717) is 32.5 Å². The maximum atomic E-state index is 12.7. The largest absolute Gasteiger partial charge is 0.352 e. The molecule has 2 amide bonds. The lowest BCUT2D eigenvalue weighted by Gasteiger charge is -2.39. The van der Waals surface area contributed by atoms with Crippen LogP contribution in [0.2, 0.25) is 0 Å². The summed E-state index contributed by atoms with van der Waals surface area (Å²) in [5.41, 5.74) is 1.99. The molecule has 1 fully saturated rings. The molecule has 0 saturated carbocycles. The number of carbonyl (C=O) groups excluding carboxylic acids is 2. The van der Waals surface area contributed by atoms with Crippen molar-refractivity contribution in [1.82, 2.24) is 15.4 Å². The first-order valence-electron chi connectivity index (χ1n) is 8.23. The van der Waals surface area contributed by atoms with Crippen LogP contribution in [-0.2, 0) is 17.8 Å². The van der Waals surface area contributed by atoms with Gasteiger partial charge in [0.1, 0.15) is 0 Å². The van der Waals surface area contributed by atoms with Crippen LogP contribution in [0.25, 0.3) is 0 Å². The van der Waals surface area contributed by atoms with Crippen molar-refractivity contribution in [1.29, 1.82) is 0 Å². The first kappa shape index (κ1) is 14.9. The predicted octanol–water partition coefficient (Wildman–Crippen LogP) is 1.77. The fourth-order valence-corrected chi connectivity index (χ4v) is 3.73. The smallest absolute Gasteiger partial charge is 0.292 e. The van der Waals surface area contributed by atoms with Gasteiger partial charge in [0.25, 0.3) is 5.91 Å². The number of fused-ring (bicyclic) bond motifs is 1. The van der Waals surface area contributed by atoms with Gasteiger partial charge in [0.2, 0.25) is 11.7 Å². The van der Waals surface area contributed by atoms with Crippen LogP contribution in [0.15, 0.2) is 41.1 Å². The molecule has 4 rings (SSSR count). The van der Waals surface area contributed by atoms with E-state index in [-0.39, 0.29) is 17.6 Å². The highest BCUT2D eigenvalue weighted by Crippen LogP contribution is 2.38. The Bertz CT molecular complexity index is 762. The number of likely N-dealkylation sites (tertiary alicyclic amines) is 1. The van der Waals surface area contributed by atoms with Gasteiger partial charge < -0.3 is 14.7 Å². The summed E-state index contributed by atoms with van der Waals surface area (Å²) in [4.78, 5) is 26.8. The van der Waals surface area contributed by atoms with Crippen LogP contribution in [0.4, 0.5) is 0 Å². The Balaban J connectivity index is 1.53. The van der Waals surface area contributed by atoms with Gasteiger partial charge >= 0.3 is 0 Å². The number of hydrogen-bond acceptors (Lipinski definition) is 4. The Kier molecular flexibility index (Phi) is 3.59. The molecule has 1 aromatic carbocycles.